The van der Waals surface area contributed by atoms with Crippen LogP contribution in [-0.4, -0.2) is 6.61 Å². The largest absolute Gasteiger partial charge is 0.493 e. The highest BCUT2D eigenvalue weighted by Gasteiger charge is 2.21. The molecular weight excluding hydrogens is 314 g/mol. The lowest BCUT2D eigenvalue weighted by atomic mass is 9.93. The Hall–Kier alpha value is -1.32. The van der Waals surface area contributed by atoms with Gasteiger partial charge in [0.2, 0.25) is 0 Å². The summed E-state index contributed by atoms with van der Waals surface area (Å²) >= 11 is 3.65. The maximum Gasteiger partial charge on any atom is 0.127 e. The molecule has 0 aliphatic carbocycles. The van der Waals surface area contributed by atoms with E-state index >= 15 is 0 Å². The summed E-state index contributed by atoms with van der Waals surface area (Å²) < 4.78 is 6.96. The highest BCUT2D eigenvalue weighted by Crippen LogP contribution is 2.37. The first-order valence-electron chi connectivity index (χ1n) is 6.93. The van der Waals surface area contributed by atoms with E-state index in [1.807, 2.05) is 6.07 Å². The number of hydrogen-bond donors (Lipinski definition) is 1. The molecule has 0 radical (unpaired) electrons. The molecule has 0 fully saturated rings. The zero-order valence-corrected chi connectivity index (χ0v) is 13.1. The Kier molecular flexibility index (Phi) is 3.81. The molecule has 0 saturated heterocycles. The lowest BCUT2D eigenvalue weighted by molar-refractivity contribution is 0.284. The molecule has 104 valence electrons. The van der Waals surface area contributed by atoms with E-state index in [2.05, 4.69) is 53.2 Å². The van der Waals surface area contributed by atoms with Crippen molar-refractivity contribution >= 4 is 15.9 Å². The third-order valence-corrected chi connectivity index (χ3v) is 4.94. The Morgan fingerprint density at radius 1 is 1.15 bits per heavy atom. The molecule has 0 spiro atoms. The smallest absolute Gasteiger partial charge is 0.127 e. The molecule has 2 N–H and O–H groups in total. The summed E-state index contributed by atoms with van der Waals surface area (Å²) in [5.74, 6) is 0.986. The Labute approximate surface area is 128 Å². The summed E-state index contributed by atoms with van der Waals surface area (Å²) in [6, 6.07) is 12.3. The molecule has 2 aromatic carbocycles. The molecular formula is C17H18BrNO. The Balaban J connectivity index is 2.07. The van der Waals surface area contributed by atoms with Crippen molar-refractivity contribution < 1.29 is 4.74 Å². The number of hydrogen-bond acceptors (Lipinski definition) is 2. The first kappa shape index (κ1) is 13.7. The maximum absolute atomic E-state index is 6.50. The Morgan fingerprint density at radius 2 is 1.90 bits per heavy atom. The van der Waals surface area contributed by atoms with Crippen LogP contribution in [0.3, 0.4) is 0 Å². The third kappa shape index (κ3) is 2.36. The predicted molar refractivity (Wildman–Crippen MR) is 85.2 cm³/mol. The van der Waals surface area contributed by atoms with Crippen LogP contribution in [0.25, 0.3) is 0 Å². The van der Waals surface area contributed by atoms with Crippen LogP contribution in [-0.2, 0) is 6.42 Å². The van der Waals surface area contributed by atoms with Gasteiger partial charge in [0.05, 0.1) is 12.6 Å². The van der Waals surface area contributed by atoms with Crippen molar-refractivity contribution in [1.29, 1.82) is 0 Å². The van der Waals surface area contributed by atoms with Crippen molar-refractivity contribution in [3.8, 4) is 5.75 Å². The molecule has 1 unspecified atom stereocenters. The van der Waals surface area contributed by atoms with Gasteiger partial charge in [0.1, 0.15) is 5.75 Å². The van der Waals surface area contributed by atoms with E-state index in [0.717, 1.165) is 40.8 Å². The van der Waals surface area contributed by atoms with E-state index in [9.17, 15) is 0 Å². The van der Waals surface area contributed by atoms with Crippen LogP contribution in [0.4, 0.5) is 0 Å². The summed E-state index contributed by atoms with van der Waals surface area (Å²) in [6.07, 6.45) is 2.16. The number of fused-ring (bicyclic) bond motifs is 1. The fourth-order valence-corrected chi connectivity index (χ4v) is 3.25. The second-order valence-electron chi connectivity index (χ2n) is 5.24. The van der Waals surface area contributed by atoms with E-state index in [0.29, 0.717) is 0 Å². The SMILES string of the molecule is Cc1cccc(C(N)c2cccc3c2OCCC3)c1Br. The van der Waals surface area contributed by atoms with Crippen LogP contribution in [0.15, 0.2) is 40.9 Å². The zero-order valence-electron chi connectivity index (χ0n) is 11.5. The summed E-state index contributed by atoms with van der Waals surface area (Å²) in [5.41, 5.74) is 11.2. The second kappa shape index (κ2) is 5.58. The van der Waals surface area contributed by atoms with Crippen molar-refractivity contribution in [2.24, 2.45) is 5.73 Å². The van der Waals surface area contributed by atoms with Gasteiger partial charge in [0, 0.05) is 10.0 Å². The van der Waals surface area contributed by atoms with Crippen molar-refractivity contribution in [1.82, 2.24) is 0 Å². The molecule has 2 aromatic rings. The Morgan fingerprint density at radius 3 is 2.75 bits per heavy atom. The molecule has 3 rings (SSSR count). The molecule has 1 aliphatic rings. The predicted octanol–water partition coefficient (Wildman–Crippen LogP) is 4.13. The number of para-hydroxylation sites is 1. The van der Waals surface area contributed by atoms with Crippen LogP contribution < -0.4 is 10.5 Å². The number of halogens is 1. The number of rotatable bonds is 2. The van der Waals surface area contributed by atoms with Crippen molar-refractivity contribution in [2.75, 3.05) is 6.61 Å². The molecule has 1 atom stereocenters. The lowest BCUT2D eigenvalue weighted by Gasteiger charge is -2.24. The first-order valence-corrected chi connectivity index (χ1v) is 7.73. The highest BCUT2D eigenvalue weighted by atomic mass is 79.9. The van der Waals surface area contributed by atoms with Gasteiger partial charge in [-0.25, -0.2) is 0 Å². The van der Waals surface area contributed by atoms with Gasteiger partial charge in [-0.1, -0.05) is 52.3 Å². The van der Waals surface area contributed by atoms with Crippen LogP contribution >= 0.6 is 15.9 Å². The van der Waals surface area contributed by atoms with Crippen LogP contribution in [0.5, 0.6) is 5.75 Å². The van der Waals surface area contributed by atoms with Gasteiger partial charge in [-0.3, -0.25) is 0 Å². The topological polar surface area (TPSA) is 35.2 Å². The van der Waals surface area contributed by atoms with Crippen molar-refractivity contribution in [2.45, 2.75) is 25.8 Å². The van der Waals surface area contributed by atoms with Gasteiger partial charge in [0.25, 0.3) is 0 Å². The van der Waals surface area contributed by atoms with Gasteiger partial charge in [-0.15, -0.1) is 0 Å². The molecule has 1 heterocycles. The Bertz CT molecular complexity index is 639. The van der Waals surface area contributed by atoms with Crippen molar-refractivity contribution in [3.05, 3.63) is 63.1 Å². The summed E-state index contributed by atoms with van der Waals surface area (Å²) in [6.45, 7) is 2.86. The van der Waals surface area contributed by atoms with E-state index in [1.165, 1.54) is 11.1 Å². The molecule has 20 heavy (non-hydrogen) atoms. The van der Waals surface area contributed by atoms with Gasteiger partial charge in [-0.05, 0) is 36.5 Å². The van der Waals surface area contributed by atoms with E-state index in [-0.39, 0.29) is 6.04 Å². The maximum atomic E-state index is 6.50. The van der Waals surface area contributed by atoms with Gasteiger partial charge in [-0.2, -0.15) is 0 Å². The van der Waals surface area contributed by atoms with E-state index in [4.69, 9.17) is 10.5 Å². The fourth-order valence-electron chi connectivity index (χ4n) is 2.74. The monoisotopic (exact) mass is 331 g/mol. The highest BCUT2D eigenvalue weighted by molar-refractivity contribution is 9.10. The van der Waals surface area contributed by atoms with Crippen LogP contribution in [0.1, 0.15) is 34.7 Å². The zero-order chi connectivity index (χ0) is 14.1. The van der Waals surface area contributed by atoms with Gasteiger partial charge in [0.15, 0.2) is 0 Å². The molecule has 1 aliphatic heterocycles. The molecule has 0 aromatic heterocycles. The second-order valence-corrected chi connectivity index (χ2v) is 6.04. The quantitative estimate of drug-likeness (QED) is 0.897. The van der Waals surface area contributed by atoms with Crippen molar-refractivity contribution in [3.63, 3.8) is 0 Å². The molecule has 3 heteroatoms. The number of nitrogens with two attached hydrogens (primary N) is 1. The third-order valence-electron chi connectivity index (χ3n) is 3.86. The summed E-state index contributed by atoms with van der Waals surface area (Å²) in [5, 5.41) is 0. The lowest BCUT2D eigenvalue weighted by Crippen LogP contribution is -2.17. The molecule has 2 nitrogen and oxygen atoms in total. The first-order chi connectivity index (χ1) is 9.68. The minimum atomic E-state index is -0.169. The number of benzene rings is 2. The minimum Gasteiger partial charge on any atom is -0.493 e. The van der Waals surface area contributed by atoms with Crippen LogP contribution in [0.2, 0.25) is 0 Å². The van der Waals surface area contributed by atoms with E-state index in [1.54, 1.807) is 0 Å². The van der Waals surface area contributed by atoms with E-state index < -0.39 is 0 Å². The van der Waals surface area contributed by atoms with Gasteiger partial charge >= 0.3 is 0 Å². The number of aryl methyl sites for hydroxylation is 2. The molecule has 0 saturated carbocycles. The number of ether oxygens (including phenoxy) is 1. The molecule has 0 amide bonds. The molecule has 0 bridgehead atoms. The van der Waals surface area contributed by atoms with Gasteiger partial charge < -0.3 is 10.5 Å². The average Bonchev–Trinajstić information content (AvgIpc) is 2.49. The van der Waals surface area contributed by atoms with Crippen LogP contribution in [0, 0.1) is 6.92 Å². The standard InChI is InChI=1S/C17H18BrNO/c1-11-5-2-8-13(15(11)18)16(19)14-9-3-6-12-7-4-10-20-17(12)14/h2-3,5-6,8-9,16H,4,7,10,19H2,1H3. The normalized spacial score (nSPS) is 15.3. The minimum absolute atomic E-state index is 0.169. The fraction of sp³-hybridized carbons (Fsp3) is 0.294. The average molecular weight is 332 g/mol. The summed E-state index contributed by atoms with van der Waals surface area (Å²) in [4.78, 5) is 0. The summed E-state index contributed by atoms with van der Waals surface area (Å²) in [7, 11) is 0.